The van der Waals surface area contributed by atoms with Crippen molar-refractivity contribution in [3.8, 4) is 16.9 Å². The van der Waals surface area contributed by atoms with E-state index in [-0.39, 0.29) is 23.6 Å². The first-order chi connectivity index (χ1) is 22.0. The van der Waals surface area contributed by atoms with Gasteiger partial charge in [-0.25, -0.2) is 9.37 Å². The molecule has 2 aliphatic heterocycles. The summed E-state index contributed by atoms with van der Waals surface area (Å²) in [6.07, 6.45) is 4.17. The summed E-state index contributed by atoms with van der Waals surface area (Å²) in [7, 11) is 1.82. The number of halogens is 1. The van der Waals surface area contributed by atoms with Gasteiger partial charge >= 0.3 is 5.97 Å². The number of nitrogens with zero attached hydrogens (tertiary/aromatic N) is 3. The zero-order valence-corrected chi connectivity index (χ0v) is 27.5. The topological polar surface area (TPSA) is 92.2 Å². The maximum Gasteiger partial charge on any atom is 0.307 e. The average Bonchev–Trinajstić information content (AvgIpc) is 3.03. The Morgan fingerprint density at radius 1 is 1.07 bits per heavy atom. The number of hydrogen-bond acceptors (Lipinski definition) is 6. The van der Waals surface area contributed by atoms with E-state index >= 15 is 0 Å². The van der Waals surface area contributed by atoms with Crippen LogP contribution in [0.3, 0.4) is 0 Å². The molecule has 0 atom stereocenters. The number of rotatable bonds is 11. The average molecular weight is 632 g/mol. The highest BCUT2D eigenvalue weighted by atomic mass is 19.1. The molecule has 3 heterocycles. The summed E-state index contributed by atoms with van der Waals surface area (Å²) in [4.78, 5) is 35.3. The van der Waals surface area contributed by atoms with Gasteiger partial charge in [0, 0.05) is 63.1 Å². The molecule has 46 heavy (non-hydrogen) atoms. The minimum atomic E-state index is -0.935. The molecular formula is C37H46FN3O5. The predicted octanol–water partition coefficient (Wildman–Crippen LogP) is 6.57. The number of aryl methyl sites for hydroxylation is 1. The number of anilines is 1. The Hall–Kier alpha value is -3.98. The van der Waals surface area contributed by atoms with Gasteiger partial charge in [0.2, 0.25) is 0 Å². The lowest BCUT2D eigenvalue weighted by atomic mass is 9.82. The number of ether oxygens (including phenoxy) is 2. The molecule has 2 aliphatic rings. The highest BCUT2D eigenvalue weighted by Gasteiger charge is 2.33. The van der Waals surface area contributed by atoms with Crippen LogP contribution in [0.1, 0.15) is 66.8 Å². The Balaban J connectivity index is 1.52. The highest BCUT2D eigenvalue weighted by molar-refractivity contribution is 6.03. The molecule has 8 nitrogen and oxygen atoms in total. The number of benzene rings is 2. The van der Waals surface area contributed by atoms with Gasteiger partial charge in [0.1, 0.15) is 17.3 Å². The molecule has 246 valence electrons. The van der Waals surface area contributed by atoms with Crippen LogP contribution in [0, 0.1) is 24.1 Å². The molecule has 0 unspecified atom stereocenters. The molecule has 1 N–H and O–H groups in total. The fourth-order valence-corrected chi connectivity index (χ4v) is 6.44. The van der Waals surface area contributed by atoms with Gasteiger partial charge in [-0.1, -0.05) is 38.1 Å². The number of aromatic nitrogens is 1. The van der Waals surface area contributed by atoms with Crippen molar-refractivity contribution in [1.29, 1.82) is 0 Å². The Bertz CT molecular complexity index is 1510. The van der Waals surface area contributed by atoms with Crippen LogP contribution in [0.5, 0.6) is 5.75 Å². The lowest BCUT2D eigenvalue weighted by Crippen LogP contribution is -2.39. The normalized spacial score (nSPS) is 16.7. The minimum Gasteiger partial charge on any atom is -0.493 e. The number of piperidine rings is 1. The van der Waals surface area contributed by atoms with Gasteiger partial charge in [-0.15, -0.1) is 0 Å². The van der Waals surface area contributed by atoms with Crippen molar-refractivity contribution in [2.45, 2.75) is 59.3 Å². The van der Waals surface area contributed by atoms with E-state index in [1.807, 2.05) is 38.2 Å². The van der Waals surface area contributed by atoms with Crippen molar-refractivity contribution < 1.29 is 28.6 Å². The number of carboxylic acids is 1. The van der Waals surface area contributed by atoms with Crippen LogP contribution < -0.4 is 9.64 Å². The van der Waals surface area contributed by atoms with Crippen LogP contribution in [-0.2, 0) is 22.4 Å². The molecule has 2 aromatic carbocycles. The van der Waals surface area contributed by atoms with E-state index in [0.717, 1.165) is 55.6 Å². The van der Waals surface area contributed by atoms with Crippen LogP contribution in [-0.4, -0.2) is 73.4 Å². The zero-order chi connectivity index (χ0) is 32.8. The number of pyridine rings is 1. The van der Waals surface area contributed by atoms with Crippen molar-refractivity contribution in [3.63, 3.8) is 0 Å². The number of aliphatic carboxylic acids is 1. The van der Waals surface area contributed by atoms with E-state index in [1.54, 1.807) is 17.0 Å². The van der Waals surface area contributed by atoms with E-state index in [1.165, 1.54) is 12.1 Å². The van der Waals surface area contributed by atoms with Gasteiger partial charge in [-0.2, -0.15) is 0 Å². The van der Waals surface area contributed by atoms with Crippen LogP contribution in [0.15, 0.2) is 48.5 Å². The number of carbonyl (C=O) groups is 2. The molecule has 0 spiro atoms. The minimum absolute atomic E-state index is 0.176. The summed E-state index contributed by atoms with van der Waals surface area (Å²) < 4.78 is 24.8. The summed E-state index contributed by atoms with van der Waals surface area (Å²) >= 11 is 0. The summed E-state index contributed by atoms with van der Waals surface area (Å²) in [5.74, 6) is -0.353. The first-order valence-corrected chi connectivity index (χ1v) is 16.3. The maximum atomic E-state index is 14.2. The second-order valence-corrected chi connectivity index (χ2v) is 13.5. The van der Waals surface area contributed by atoms with Gasteiger partial charge < -0.3 is 24.4 Å². The first kappa shape index (κ1) is 33.4. The predicted molar refractivity (Wildman–Crippen MR) is 177 cm³/mol. The number of amides is 1. The van der Waals surface area contributed by atoms with Gasteiger partial charge in [0.15, 0.2) is 0 Å². The van der Waals surface area contributed by atoms with Crippen LogP contribution in [0.4, 0.5) is 10.1 Å². The Kier molecular flexibility index (Phi) is 10.6. The maximum absolute atomic E-state index is 14.2. The monoisotopic (exact) mass is 631 g/mol. The van der Waals surface area contributed by atoms with Crippen LogP contribution >= 0.6 is 0 Å². The van der Waals surface area contributed by atoms with Crippen molar-refractivity contribution >= 4 is 17.6 Å². The lowest BCUT2D eigenvalue weighted by Gasteiger charge is -2.40. The fraction of sp³-hybridized carbons (Fsp3) is 0.486. The van der Waals surface area contributed by atoms with Gasteiger partial charge in [-0.05, 0) is 79.3 Å². The third kappa shape index (κ3) is 8.23. The van der Waals surface area contributed by atoms with Crippen molar-refractivity contribution in [2.75, 3.05) is 51.4 Å². The quantitative estimate of drug-likeness (QED) is 0.256. The summed E-state index contributed by atoms with van der Waals surface area (Å²) in [5, 5.41) is 9.96. The lowest BCUT2D eigenvalue weighted by molar-refractivity contribution is -0.136. The molecule has 3 aromatic rings. The highest BCUT2D eigenvalue weighted by Crippen LogP contribution is 2.42. The van der Waals surface area contributed by atoms with E-state index < -0.39 is 5.97 Å². The SMILES string of the molecule is Cc1nc(C(=O)N(C)CC2CCOCC2)c(-c2ccc(OCCc3ccc(F)cc3)cc2)c(N2CCC(C)(C)CC2)c1CC(=O)O. The van der Waals surface area contributed by atoms with Gasteiger partial charge in [0.05, 0.1) is 18.7 Å². The molecule has 0 aliphatic carbocycles. The summed E-state index contributed by atoms with van der Waals surface area (Å²) in [6.45, 7) is 10.3. The molecule has 0 radical (unpaired) electrons. The van der Waals surface area contributed by atoms with Gasteiger partial charge in [0.25, 0.3) is 5.91 Å². The molecule has 2 saturated heterocycles. The molecule has 1 amide bonds. The fourth-order valence-electron chi connectivity index (χ4n) is 6.44. The first-order valence-electron chi connectivity index (χ1n) is 16.3. The Labute approximate surface area is 271 Å². The van der Waals surface area contributed by atoms with Gasteiger partial charge in [-0.3, -0.25) is 9.59 Å². The summed E-state index contributed by atoms with van der Waals surface area (Å²) in [6, 6.07) is 14.0. The van der Waals surface area contributed by atoms with Crippen LogP contribution in [0.2, 0.25) is 0 Å². The zero-order valence-electron chi connectivity index (χ0n) is 27.5. The number of carboxylic acid groups (broad SMARTS) is 1. The van der Waals surface area contributed by atoms with E-state index in [2.05, 4.69) is 18.7 Å². The Morgan fingerprint density at radius 2 is 1.72 bits per heavy atom. The van der Waals surface area contributed by atoms with E-state index in [4.69, 9.17) is 14.5 Å². The smallest absolute Gasteiger partial charge is 0.307 e. The third-order valence-electron chi connectivity index (χ3n) is 9.37. The number of carbonyl (C=O) groups excluding carboxylic acids is 1. The molecule has 0 saturated carbocycles. The molecular weight excluding hydrogens is 585 g/mol. The molecule has 9 heteroatoms. The summed E-state index contributed by atoms with van der Waals surface area (Å²) in [5.41, 5.74) is 4.96. The molecule has 2 fully saturated rings. The van der Waals surface area contributed by atoms with Crippen LogP contribution in [0.25, 0.3) is 11.1 Å². The van der Waals surface area contributed by atoms with E-state index in [9.17, 15) is 19.1 Å². The molecule has 1 aromatic heterocycles. The Morgan fingerprint density at radius 3 is 2.35 bits per heavy atom. The third-order valence-corrected chi connectivity index (χ3v) is 9.37. The number of hydrogen-bond donors (Lipinski definition) is 1. The second kappa shape index (κ2) is 14.6. The van der Waals surface area contributed by atoms with Crippen molar-refractivity contribution in [3.05, 3.63) is 76.9 Å². The molecule has 0 bridgehead atoms. The van der Waals surface area contributed by atoms with Crippen molar-refractivity contribution in [1.82, 2.24) is 9.88 Å². The molecule has 5 rings (SSSR count). The largest absolute Gasteiger partial charge is 0.493 e. The second-order valence-electron chi connectivity index (χ2n) is 13.5. The van der Waals surface area contributed by atoms with E-state index in [0.29, 0.717) is 67.0 Å². The standard InChI is InChI=1S/C37H46FN3O5/c1-25-31(23-32(42)43)35(41-18-16-37(2,3)17-19-41)33(34(39-25)36(44)40(4)24-27-13-20-45-21-14-27)28-7-11-30(12-8-28)46-22-15-26-5-9-29(38)10-6-26/h5-12,27H,13-24H2,1-4H3,(H,42,43). The van der Waals surface area contributed by atoms with Crippen molar-refractivity contribution in [2.24, 2.45) is 11.3 Å².